The first kappa shape index (κ1) is 16.3. The van der Waals surface area contributed by atoms with Gasteiger partial charge >= 0.3 is 0 Å². The molecular formula is C18H26F2O. The van der Waals surface area contributed by atoms with Crippen LogP contribution in [0.5, 0.6) is 5.75 Å². The molecule has 0 aliphatic heterocycles. The Hall–Kier alpha value is -1.12. The summed E-state index contributed by atoms with van der Waals surface area (Å²) in [5.41, 5.74) is 0. The molecule has 0 unspecified atom stereocenters. The zero-order valence-electron chi connectivity index (χ0n) is 12.9. The van der Waals surface area contributed by atoms with Gasteiger partial charge in [-0.05, 0) is 36.8 Å². The lowest BCUT2D eigenvalue weighted by Gasteiger charge is -2.28. The predicted octanol–water partition coefficient (Wildman–Crippen LogP) is 5.73. The van der Waals surface area contributed by atoms with Gasteiger partial charge in [-0.2, -0.15) is 0 Å². The molecule has 21 heavy (non-hydrogen) atoms. The number of hydrogen-bond donors (Lipinski definition) is 0. The predicted molar refractivity (Wildman–Crippen MR) is 81.4 cm³/mol. The first-order chi connectivity index (χ1) is 10.2. The largest absolute Gasteiger partial charge is 0.493 e. The Bertz CT molecular complexity index is 425. The smallest absolute Gasteiger partial charge is 0.162 e. The van der Waals surface area contributed by atoms with Crippen molar-refractivity contribution in [2.75, 3.05) is 6.61 Å². The molecule has 1 fully saturated rings. The maximum Gasteiger partial charge on any atom is 0.162 e. The Balaban J connectivity index is 1.67. The summed E-state index contributed by atoms with van der Waals surface area (Å²) in [6, 6.07) is 3.75. The fourth-order valence-electron chi connectivity index (χ4n) is 3.15. The second-order valence-corrected chi connectivity index (χ2v) is 6.27. The van der Waals surface area contributed by atoms with E-state index in [1.54, 1.807) is 0 Å². The normalized spacial score (nSPS) is 22.2. The van der Waals surface area contributed by atoms with Crippen molar-refractivity contribution >= 4 is 0 Å². The fraction of sp³-hybridized carbons (Fsp3) is 0.667. The van der Waals surface area contributed by atoms with Crippen molar-refractivity contribution in [1.29, 1.82) is 0 Å². The van der Waals surface area contributed by atoms with Crippen molar-refractivity contribution in [1.82, 2.24) is 0 Å². The Morgan fingerprint density at radius 2 is 1.71 bits per heavy atom. The molecule has 1 aliphatic carbocycles. The van der Waals surface area contributed by atoms with Crippen LogP contribution in [0.4, 0.5) is 8.78 Å². The van der Waals surface area contributed by atoms with Crippen LogP contribution in [0.3, 0.4) is 0 Å². The van der Waals surface area contributed by atoms with Crippen molar-refractivity contribution in [3.8, 4) is 5.75 Å². The molecule has 3 heteroatoms. The molecule has 0 saturated heterocycles. The van der Waals surface area contributed by atoms with E-state index in [-0.39, 0.29) is 0 Å². The third-order valence-electron chi connectivity index (χ3n) is 4.56. The molecule has 0 N–H and O–H groups in total. The van der Waals surface area contributed by atoms with E-state index >= 15 is 0 Å². The fourth-order valence-corrected chi connectivity index (χ4v) is 3.15. The zero-order valence-corrected chi connectivity index (χ0v) is 12.9. The number of rotatable bonds is 7. The second kappa shape index (κ2) is 8.35. The van der Waals surface area contributed by atoms with Gasteiger partial charge < -0.3 is 4.74 Å². The maximum atomic E-state index is 13.1. The Kier molecular flexibility index (Phi) is 6.47. The minimum atomic E-state index is -0.841. The van der Waals surface area contributed by atoms with E-state index in [0.717, 1.165) is 18.1 Å². The molecule has 0 radical (unpaired) electrons. The van der Waals surface area contributed by atoms with Gasteiger partial charge in [-0.25, -0.2) is 8.78 Å². The molecule has 118 valence electrons. The van der Waals surface area contributed by atoms with Gasteiger partial charge in [-0.15, -0.1) is 0 Å². The number of unbranched alkanes of at least 4 members (excludes halogenated alkanes) is 2. The highest BCUT2D eigenvalue weighted by Crippen LogP contribution is 2.32. The Morgan fingerprint density at radius 3 is 2.38 bits per heavy atom. The number of benzene rings is 1. The molecule has 0 spiro atoms. The minimum Gasteiger partial charge on any atom is -0.493 e. The van der Waals surface area contributed by atoms with Gasteiger partial charge in [0.25, 0.3) is 0 Å². The lowest BCUT2D eigenvalue weighted by atomic mass is 9.80. The summed E-state index contributed by atoms with van der Waals surface area (Å²) < 4.78 is 31.5. The number of ether oxygens (including phenoxy) is 1. The van der Waals surface area contributed by atoms with E-state index in [4.69, 9.17) is 4.74 Å². The van der Waals surface area contributed by atoms with Gasteiger partial charge in [0.05, 0.1) is 6.61 Å². The molecule has 0 bridgehead atoms. The summed E-state index contributed by atoms with van der Waals surface area (Å²) in [5, 5.41) is 0. The van der Waals surface area contributed by atoms with Gasteiger partial charge in [-0.3, -0.25) is 0 Å². The molecule has 1 saturated carbocycles. The van der Waals surface area contributed by atoms with Crippen LogP contribution in [-0.4, -0.2) is 6.61 Å². The number of hydrogen-bond acceptors (Lipinski definition) is 1. The third kappa shape index (κ3) is 5.29. The molecule has 0 heterocycles. The standard InChI is InChI=1S/C18H26F2O/c1-2-3-4-5-14-6-8-15(9-7-14)13-21-16-10-11-17(19)18(20)12-16/h10-12,14-15H,2-9,13H2,1H3/t14-,15-. The van der Waals surface area contributed by atoms with Crippen molar-refractivity contribution in [3.05, 3.63) is 29.8 Å². The molecule has 0 aromatic heterocycles. The van der Waals surface area contributed by atoms with Crippen molar-refractivity contribution < 1.29 is 13.5 Å². The van der Waals surface area contributed by atoms with Crippen LogP contribution >= 0.6 is 0 Å². The monoisotopic (exact) mass is 296 g/mol. The number of halogens is 2. The van der Waals surface area contributed by atoms with E-state index < -0.39 is 11.6 Å². The van der Waals surface area contributed by atoms with Crippen LogP contribution in [0, 0.1) is 23.5 Å². The van der Waals surface area contributed by atoms with Crippen LogP contribution in [0.2, 0.25) is 0 Å². The first-order valence-electron chi connectivity index (χ1n) is 8.27. The molecule has 1 aliphatic rings. The second-order valence-electron chi connectivity index (χ2n) is 6.27. The summed E-state index contributed by atoms with van der Waals surface area (Å²) in [6.07, 6.45) is 10.3. The van der Waals surface area contributed by atoms with Crippen molar-refractivity contribution in [2.45, 2.75) is 58.3 Å². The van der Waals surface area contributed by atoms with Crippen molar-refractivity contribution in [3.63, 3.8) is 0 Å². The van der Waals surface area contributed by atoms with E-state index in [2.05, 4.69) is 6.92 Å². The topological polar surface area (TPSA) is 9.23 Å². The van der Waals surface area contributed by atoms with Crippen LogP contribution in [0.15, 0.2) is 18.2 Å². The SMILES string of the molecule is CCCCC[C@H]1CC[C@H](COc2ccc(F)c(F)c2)CC1. The quantitative estimate of drug-likeness (QED) is 0.584. The minimum absolute atomic E-state index is 0.430. The van der Waals surface area contributed by atoms with Gasteiger partial charge in [0.1, 0.15) is 5.75 Å². The highest BCUT2D eigenvalue weighted by atomic mass is 19.2. The first-order valence-corrected chi connectivity index (χ1v) is 8.27. The van der Waals surface area contributed by atoms with Gasteiger partial charge in [0.15, 0.2) is 11.6 Å². The van der Waals surface area contributed by atoms with Crippen molar-refractivity contribution in [2.24, 2.45) is 11.8 Å². The van der Waals surface area contributed by atoms with Crippen LogP contribution in [0.25, 0.3) is 0 Å². The lowest BCUT2D eigenvalue weighted by Crippen LogP contribution is -2.20. The molecule has 1 aromatic carbocycles. The van der Waals surface area contributed by atoms with Crippen LogP contribution in [0.1, 0.15) is 58.3 Å². The Morgan fingerprint density at radius 1 is 1.00 bits per heavy atom. The molecule has 1 nitrogen and oxygen atoms in total. The summed E-state index contributed by atoms with van der Waals surface area (Å²) in [4.78, 5) is 0. The average molecular weight is 296 g/mol. The van der Waals surface area contributed by atoms with Gasteiger partial charge in [0, 0.05) is 6.07 Å². The van der Waals surface area contributed by atoms with Crippen LogP contribution < -0.4 is 4.74 Å². The molecule has 1 aromatic rings. The molecule has 2 rings (SSSR count). The maximum absolute atomic E-state index is 13.1. The summed E-state index contributed by atoms with van der Waals surface area (Å²) in [6.45, 7) is 2.86. The highest BCUT2D eigenvalue weighted by molar-refractivity contribution is 5.23. The average Bonchev–Trinajstić information content (AvgIpc) is 2.50. The van der Waals surface area contributed by atoms with Gasteiger partial charge in [0.2, 0.25) is 0 Å². The Labute approximate surface area is 126 Å². The summed E-state index contributed by atoms with van der Waals surface area (Å²) in [7, 11) is 0. The van der Waals surface area contributed by atoms with E-state index in [0.29, 0.717) is 18.3 Å². The van der Waals surface area contributed by atoms with E-state index in [1.807, 2.05) is 0 Å². The molecule has 0 amide bonds. The molecular weight excluding hydrogens is 270 g/mol. The summed E-state index contributed by atoms with van der Waals surface area (Å²) in [5.74, 6) is 0.206. The summed E-state index contributed by atoms with van der Waals surface area (Å²) >= 11 is 0. The van der Waals surface area contributed by atoms with Crippen LogP contribution in [-0.2, 0) is 0 Å². The van der Waals surface area contributed by atoms with Gasteiger partial charge in [-0.1, -0.05) is 45.4 Å². The third-order valence-corrected chi connectivity index (χ3v) is 4.56. The lowest BCUT2D eigenvalue weighted by molar-refractivity contribution is 0.177. The highest BCUT2D eigenvalue weighted by Gasteiger charge is 2.21. The molecule has 0 atom stereocenters. The van der Waals surface area contributed by atoms with E-state index in [9.17, 15) is 8.78 Å². The van der Waals surface area contributed by atoms with E-state index in [1.165, 1.54) is 57.4 Å². The zero-order chi connectivity index (χ0) is 15.1.